The van der Waals surface area contributed by atoms with Gasteiger partial charge in [0.1, 0.15) is 12.2 Å². The van der Waals surface area contributed by atoms with E-state index in [9.17, 15) is 9.59 Å². The lowest BCUT2D eigenvalue weighted by atomic mass is 9.98. The van der Waals surface area contributed by atoms with Gasteiger partial charge in [0, 0.05) is 13.0 Å². The van der Waals surface area contributed by atoms with Gasteiger partial charge < -0.3 is 10.6 Å². The molecule has 86 valence electrons. The summed E-state index contributed by atoms with van der Waals surface area (Å²) in [6.45, 7) is 0.754. The molecular formula is C9H13N5O2. The van der Waals surface area contributed by atoms with Crippen LogP contribution in [0.3, 0.4) is 0 Å². The van der Waals surface area contributed by atoms with Crippen LogP contribution in [0.25, 0.3) is 0 Å². The normalized spacial score (nSPS) is 20.2. The Morgan fingerprint density at radius 2 is 2.50 bits per heavy atom. The van der Waals surface area contributed by atoms with E-state index in [-0.39, 0.29) is 17.7 Å². The Bertz CT molecular complexity index is 365. The number of aromatic nitrogens is 3. The summed E-state index contributed by atoms with van der Waals surface area (Å²) < 4.78 is 0. The van der Waals surface area contributed by atoms with Crippen LogP contribution in [0.5, 0.6) is 0 Å². The molecule has 3 N–H and O–H groups in total. The molecule has 16 heavy (non-hydrogen) atoms. The van der Waals surface area contributed by atoms with Crippen LogP contribution in [0, 0.1) is 5.92 Å². The third-order valence-electron chi connectivity index (χ3n) is 2.53. The van der Waals surface area contributed by atoms with Gasteiger partial charge in [-0.05, 0) is 6.42 Å². The summed E-state index contributed by atoms with van der Waals surface area (Å²) >= 11 is 0. The van der Waals surface area contributed by atoms with Crippen molar-refractivity contribution >= 4 is 11.8 Å². The maximum atomic E-state index is 11.7. The van der Waals surface area contributed by atoms with E-state index in [4.69, 9.17) is 0 Å². The minimum absolute atomic E-state index is 0.0132. The number of piperidine rings is 1. The first-order valence-corrected chi connectivity index (χ1v) is 5.14. The summed E-state index contributed by atoms with van der Waals surface area (Å²) in [6.07, 6.45) is 2.41. The number of hydrogen-bond donors (Lipinski definition) is 3. The monoisotopic (exact) mass is 223 g/mol. The summed E-state index contributed by atoms with van der Waals surface area (Å²) in [7, 11) is 0. The quantitative estimate of drug-likeness (QED) is 0.608. The maximum absolute atomic E-state index is 11.7. The highest BCUT2D eigenvalue weighted by atomic mass is 16.2. The van der Waals surface area contributed by atoms with Crippen LogP contribution in [-0.4, -0.2) is 33.5 Å². The summed E-state index contributed by atoms with van der Waals surface area (Å²) in [4.78, 5) is 26.5. The lowest BCUT2D eigenvalue weighted by molar-refractivity contribution is -0.129. The molecule has 0 bridgehead atoms. The number of H-pyrrole nitrogens is 1. The first-order chi connectivity index (χ1) is 7.75. The average Bonchev–Trinajstić information content (AvgIpc) is 2.80. The molecule has 0 spiro atoms. The second-order valence-electron chi connectivity index (χ2n) is 3.69. The number of rotatable bonds is 3. The van der Waals surface area contributed by atoms with Crippen LogP contribution in [-0.2, 0) is 16.1 Å². The molecule has 1 aromatic heterocycles. The highest BCUT2D eigenvalue weighted by Crippen LogP contribution is 2.10. The van der Waals surface area contributed by atoms with Crippen LogP contribution >= 0.6 is 0 Å². The Morgan fingerprint density at radius 1 is 1.62 bits per heavy atom. The van der Waals surface area contributed by atoms with Crippen molar-refractivity contribution in [3.05, 3.63) is 12.2 Å². The fraction of sp³-hybridized carbons (Fsp3) is 0.556. The molecule has 0 aromatic carbocycles. The molecule has 1 aliphatic rings. The summed E-state index contributed by atoms with van der Waals surface area (Å²) in [6, 6.07) is 0. The fourth-order valence-corrected chi connectivity index (χ4v) is 1.59. The first-order valence-electron chi connectivity index (χ1n) is 5.14. The number of carbonyl (C=O) groups excluding carboxylic acids is 2. The van der Waals surface area contributed by atoms with Crippen molar-refractivity contribution in [2.24, 2.45) is 5.92 Å². The first kappa shape index (κ1) is 10.6. The van der Waals surface area contributed by atoms with E-state index in [1.165, 1.54) is 6.33 Å². The van der Waals surface area contributed by atoms with Crippen LogP contribution in [0.1, 0.15) is 18.7 Å². The number of nitrogens with one attached hydrogen (secondary N) is 3. The van der Waals surface area contributed by atoms with Crippen LogP contribution in [0.15, 0.2) is 6.33 Å². The molecule has 0 aliphatic carbocycles. The van der Waals surface area contributed by atoms with Crippen molar-refractivity contribution in [3.63, 3.8) is 0 Å². The standard InChI is InChI=1S/C9H13N5O2/c15-8-2-1-6(3-10-8)9(16)11-4-7-12-5-13-14-7/h5-6H,1-4H2,(H,10,15)(H,11,16)(H,12,13,14). The minimum atomic E-state index is -0.138. The third kappa shape index (κ3) is 2.56. The summed E-state index contributed by atoms with van der Waals surface area (Å²) in [5, 5.41) is 11.8. The van der Waals surface area contributed by atoms with E-state index in [0.29, 0.717) is 31.8 Å². The van der Waals surface area contributed by atoms with Crippen molar-refractivity contribution in [2.45, 2.75) is 19.4 Å². The summed E-state index contributed by atoms with van der Waals surface area (Å²) in [5.74, 6) is 0.435. The van der Waals surface area contributed by atoms with Gasteiger partial charge in [-0.25, -0.2) is 4.98 Å². The van der Waals surface area contributed by atoms with Gasteiger partial charge >= 0.3 is 0 Å². The number of carbonyl (C=O) groups is 2. The lowest BCUT2D eigenvalue weighted by Crippen LogP contribution is -2.42. The van der Waals surface area contributed by atoms with Gasteiger partial charge in [-0.1, -0.05) is 0 Å². The van der Waals surface area contributed by atoms with Crippen molar-refractivity contribution in [3.8, 4) is 0 Å². The van der Waals surface area contributed by atoms with Gasteiger partial charge in [-0.3, -0.25) is 14.7 Å². The molecule has 1 atom stereocenters. The molecule has 1 fully saturated rings. The van der Waals surface area contributed by atoms with Crippen molar-refractivity contribution in [1.82, 2.24) is 25.8 Å². The van der Waals surface area contributed by atoms with Gasteiger partial charge in [0.15, 0.2) is 0 Å². The van der Waals surface area contributed by atoms with E-state index in [1.54, 1.807) is 0 Å². The molecule has 7 nitrogen and oxygen atoms in total. The van der Waals surface area contributed by atoms with Gasteiger partial charge in [-0.2, -0.15) is 5.10 Å². The fourth-order valence-electron chi connectivity index (χ4n) is 1.59. The molecule has 0 radical (unpaired) electrons. The van der Waals surface area contributed by atoms with Crippen LogP contribution in [0.4, 0.5) is 0 Å². The SMILES string of the molecule is O=C1CCC(C(=O)NCc2ncn[nH]2)CN1. The molecular weight excluding hydrogens is 210 g/mol. The number of hydrogen-bond acceptors (Lipinski definition) is 4. The lowest BCUT2D eigenvalue weighted by Gasteiger charge is -2.21. The third-order valence-corrected chi connectivity index (χ3v) is 2.53. The Hall–Kier alpha value is -1.92. The van der Waals surface area contributed by atoms with Crippen molar-refractivity contribution in [1.29, 1.82) is 0 Å². The second-order valence-corrected chi connectivity index (χ2v) is 3.69. The van der Waals surface area contributed by atoms with Gasteiger partial charge in [0.05, 0.1) is 12.5 Å². The van der Waals surface area contributed by atoms with E-state index in [0.717, 1.165) is 0 Å². The second kappa shape index (κ2) is 4.73. The van der Waals surface area contributed by atoms with E-state index in [1.807, 2.05) is 0 Å². The van der Waals surface area contributed by atoms with E-state index >= 15 is 0 Å². The predicted octanol–water partition coefficient (Wildman–Crippen LogP) is -1.05. The number of nitrogens with zero attached hydrogens (tertiary/aromatic N) is 2. The predicted molar refractivity (Wildman–Crippen MR) is 54.0 cm³/mol. The number of aromatic amines is 1. The molecule has 1 aromatic rings. The highest BCUT2D eigenvalue weighted by molar-refractivity contribution is 5.83. The molecule has 1 saturated heterocycles. The molecule has 1 aliphatic heterocycles. The van der Waals surface area contributed by atoms with Gasteiger partial charge in [0.2, 0.25) is 11.8 Å². The van der Waals surface area contributed by atoms with Crippen molar-refractivity contribution < 1.29 is 9.59 Å². The van der Waals surface area contributed by atoms with Crippen molar-refractivity contribution in [2.75, 3.05) is 6.54 Å². The largest absolute Gasteiger partial charge is 0.355 e. The molecule has 2 heterocycles. The maximum Gasteiger partial charge on any atom is 0.225 e. The molecule has 0 saturated carbocycles. The molecule has 1 unspecified atom stereocenters. The highest BCUT2D eigenvalue weighted by Gasteiger charge is 2.24. The average molecular weight is 223 g/mol. The zero-order chi connectivity index (χ0) is 11.4. The minimum Gasteiger partial charge on any atom is -0.355 e. The van der Waals surface area contributed by atoms with Gasteiger partial charge in [0.25, 0.3) is 0 Å². The Kier molecular flexibility index (Phi) is 3.13. The Balaban J connectivity index is 1.77. The summed E-state index contributed by atoms with van der Waals surface area (Å²) in [5.41, 5.74) is 0. The van der Waals surface area contributed by atoms with E-state index < -0.39 is 0 Å². The number of amides is 2. The van der Waals surface area contributed by atoms with E-state index in [2.05, 4.69) is 25.8 Å². The zero-order valence-electron chi connectivity index (χ0n) is 8.69. The Labute approximate surface area is 92.0 Å². The smallest absolute Gasteiger partial charge is 0.225 e. The Morgan fingerprint density at radius 3 is 3.12 bits per heavy atom. The van der Waals surface area contributed by atoms with Crippen LogP contribution < -0.4 is 10.6 Å². The molecule has 2 rings (SSSR count). The zero-order valence-corrected chi connectivity index (χ0v) is 8.69. The molecule has 2 amide bonds. The topological polar surface area (TPSA) is 99.8 Å². The molecule has 7 heteroatoms. The van der Waals surface area contributed by atoms with Crippen LogP contribution in [0.2, 0.25) is 0 Å². The van der Waals surface area contributed by atoms with Gasteiger partial charge in [-0.15, -0.1) is 0 Å².